The van der Waals surface area contributed by atoms with Gasteiger partial charge in [-0.3, -0.25) is 14.9 Å². The molecule has 1 aromatic rings. The topological polar surface area (TPSA) is 81.8 Å². The van der Waals surface area contributed by atoms with Crippen LogP contribution in [0.1, 0.15) is 10.4 Å². The molecule has 2 aliphatic heterocycles. The molecular weight excluding hydrogens is 304 g/mol. The molecule has 8 heteroatoms. The Bertz CT molecular complexity index is 663. The van der Waals surface area contributed by atoms with Crippen LogP contribution in [-0.4, -0.2) is 58.4 Å². The van der Waals surface area contributed by atoms with E-state index in [9.17, 15) is 14.4 Å². The number of urea groups is 1. The summed E-state index contributed by atoms with van der Waals surface area (Å²) in [6.07, 6.45) is -0.558. The van der Waals surface area contributed by atoms with Gasteiger partial charge in [-0.25, -0.2) is 4.79 Å². The summed E-state index contributed by atoms with van der Waals surface area (Å²) in [6, 6.07) is 7.60. The minimum absolute atomic E-state index is 0.0214. The molecule has 0 radical (unpaired) electrons. The molecule has 3 rings (SSSR count). The first-order valence-corrected chi connectivity index (χ1v) is 7.13. The Hall–Kier alpha value is -2.48. The largest absolute Gasteiger partial charge is 0.340 e. The van der Waals surface area contributed by atoms with Crippen LogP contribution in [-0.2, 0) is 4.79 Å². The first kappa shape index (κ1) is 14.5. The molecule has 2 aliphatic rings. The Morgan fingerprint density at radius 2 is 1.95 bits per heavy atom. The lowest BCUT2D eigenvalue weighted by atomic mass is 10.1. The number of nitrogens with zero attached hydrogens (tertiary/aromatic N) is 2. The van der Waals surface area contributed by atoms with Crippen molar-refractivity contribution in [3.8, 4) is 0 Å². The van der Waals surface area contributed by atoms with Crippen LogP contribution in [0.3, 0.4) is 0 Å². The van der Waals surface area contributed by atoms with Gasteiger partial charge in [0, 0.05) is 12.6 Å². The molecule has 2 heterocycles. The van der Waals surface area contributed by atoms with Crippen LogP contribution in [0, 0.1) is 0 Å². The number of hydrogen-bond donors (Lipinski definition) is 2. The van der Waals surface area contributed by atoms with Crippen LogP contribution < -0.4 is 10.6 Å². The Morgan fingerprint density at radius 3 is 2.64 bits per heavy atom. The number of hydrogen-bond acceptors (Lipinski definition) is 4. The summed E-state index contributed by atoms with van der Waals surface area (Å²) in [7, 11) is 1.57. The van der Waals surface area contributed by atoms with Crippen LogP contribution in [0.15, 0.2) is 30.3 Å². The van der Waals surface area contributed by atoms with Crippen LogP contribution in [0.5, 0.6) is 0 Å². The number of amides is 3. The molecule has 0 aromatic heterocycles. The number of benzene rings is 1. The molecule has 3 amide bonds. The molecule has 114 valence electrons. The zero-order valence-electron chi connectivity index (χ0n) is 11.8. The van der Waals surface area contributed by atoms with Gasteiger partial charge in [0.25, 0.3) is 5.91 Å². The molecule has 2 N–H and O–H groups in total. The monoisotopic (exact) mass is 318 g/mol. The van der Waals surface area contributed by atoms with E-state index in [-0.39, 0.29) is 17.4 Å². The second-order valence-electron chi connectivity index (χ2n) is 5.16. The van der Waals surface area contributed by atoms with Crippen molar-refractivity contribution in [1.82, 2.24) is 20.4 Å². The first-order chi connectivity index (χ1) is 10.5. The molecule has 0 aliphatic carbocycles. The van der Waals surface area contributed by atoms with Crippen molar-refractivity contribution in [3.05, 3.63) is 35.9 Å². The predicted molar refractivity (Wildman–Crippen MR) is 82.1 cm³/mol. The molecule has 22 heavy (non-hydrogen) atoms. The third-order valence-corrected chi connectivity index (χ3v) is 4.17. The maximum Gasteiger partial charge on any atom is 0.325 e. The van der Waals surface area contributed by atoms with E-state index in [2.05, 4.69) is 10.6 Å². The molecule has 1 aromatic carbocycles. The summed E-state index contributed by atoms with van der Waals surface area (Å²) < 4.78 is 0. The van der Waals surface area contributed by atoms with Crippen molar-refractivity contribution in [1.29, 1.82) is 0 Å². The highest BCUT2D eigenvalue weighted by Crippen LogP contribution is 2.20. The number of imide groups is 1. The highest BCUT2D eigenvalue weighted by atomic mass is 32.1. The number of fused-ring (bicyclic) bond motifs is 1. The van der Waals surface area contributed by atoms with Gasteiger partial charge in [-0.1, -0.05) is 30.3 Å². The van der Waals surface area contributed by atoms with Crippen molar-refractivity contribution in [2.45, 2.75) is 12.2 Å². The lowest BCUT2D eigenvalue weighted by molar-refractivity contribution is -0.126. The molecular formula is C14H14N4O3S. The first-order valence-electron chi connectivity index (χ1n) is 6.72. The molecule has 0 spiro atoms. The van der Waals surface area contributed by atoms with Crippen LogP contribution in [0.25, 0.3) is 0 Å². The number of carbonyl (C=O) groups is 3. The number of Topliss-reactive ketones (excluding diaryl/α,β-unsaturated/α-hetero) is 1. The van der Waals surface area contributed by atoms with Gasteiger partial charge in [-0.15, -0.1) is 0 Å². The van der Waals surface area contributed by atoms with Gasteiger partial charge in [0.05, 0.1) is 6.54 Å². The van der Waals surface area contributed by atoms with Crippen LogP contribution in [0.2, 0.25) is 0 Å². The fourth-order valence-corrected chi connectivity index (χ4v) is 2.91. The zero-order chi connectivity index (χ0) is 15.9. The lowest BCUT2D eigenvalue weighted by Gasteiger charge is -2.35. The van der Waals surface area contributed by atoms with Gasteiger partial charge in [-0.2, -0.15) is 0 Å². The van der Waals surface area contributed by atoms with Crippen molar-refractivity contribution < 1.29 is 14.4 Å². The van der Waals surface area contributed by atoms with E-state index in [4.69, 9.17) is 12.2 Å². The quantitative estimate of drug-likeness (QED) is 0.600. The smallest absolute Gasteiger partial charge is 0.325 e. The fourth-order valence-electron chi connectivity index (χ4n) is 2.61. The average Bonchev–Trinajstić information content (AvgIpc) is 2.83. The van der Waals surface area contributed by atoms with E-state index in [1.54, 1.807) is 31.3 Å². The summed E-state index contributed by atoms with van der Waals surface area (Å²) in [4.78, 5) is 38.9. The van der Waals surface area contributed by atoms with Gasteiger partial charge in [0.1, 0.15) is 12.2 Å². The van der Waals surface area contributed by atoms with Crippen LogP contribution >= 0.6 is 12.2 Å². The minimum Gasteiger partial charge on any atom is -0.340 e. The predicted octanol–water partition coefficient (Wildman–Crippen LogP) is -0.0643. The average molecular weight is 318 g/mol. The normalized spacial score (nSPS) is 24.0. The van der Waals surface area contributed by atoms with Gasteiger partial charge >= 0.3 is 6.03 Å². The number of carbonyl (C=O) groups excluding carboxylic acids is 3. The van der Waals surface area contributed by atoms with E-state index < -0.39 is 24.1 Å². The van der Waals surface area contributed by atoms with Gasteiger partial charge in [0.15, 0.2) is 10.9 Å². The standard InChI is InChI=1S/C14H14N4O3S/c1-17-11-10(12(20)16-13(17)21)18(14(22)15-11)7-9(19)8-5-3-2-4-6-8/h2-6,10-11H,7H2,1H3,(H,15,22)(H,16,20,21). The maximum absolute atomic E-state index is 12.3. The Balaban J connectivity index is 1.82. The van der Waals surface area contributed by atoms with Gasteiger partial charge in [-0.05, 0) is 12.2 Å². The fraction of sp³-hybridized carbons (Fsp3) is 0.286. The zero-order valence-corrected chi connectivity index (χ0v) is 12.6. The maximum atomic E-state index is 12.3. The highest BCUT2D eigenvalue weighted by molar-refractivity contribution is 7.80. The third kappa shape index (κ3) is 2.31. The number of likely N-dealkylation sites (N-methyl/N-ethyl adjacent to an activating group) is 1. The van der Waals surface area contributed by atoms with Crippen molar-refractivity contribution in [2.24, 2.45) is 0 Å². The number of nitrogens with one attached hydrogen (secondary N) is 2. The van der Waals surface area contributed by atoms with E-state index >= 15 is 0 Å². The summed E-state index contributed by atoms with van der Waals surface area (Å²) in [5.74, 6) is -0.598. The second-order valence-corrected chi connectivity index (χ2v) is 5.55. The molecule has 2 saturated heterocycles. The highest BCUT2D eigenvalue weighted by Gasteiger charge is 2.49. The SMILES string of the molecule is CN1C(=O)NC(=O)C2C1NC(=S)N2CC(=O)c1ccccc1. The Morgan fingerprint density at radius 1 is 1.27 bits per heavy atom. The third-order valence-electron chi connectivity index (χ3n) is 3.81. The van der Waals surface area contributed by atoms with Crippen molar-refractivity contribution in [3.63, 3.8) is 0 Å². The Labute approximate surface area is 132 Å². The van der Waals surface area contributed by atoms with Crippen molar-refractivity contribution >= 4 is 35.1 Å². The van der Waals surface area contributed by atoms with E-state index in [1.165, 1.54) is 9.80 Å². The number of ketones is 1. The molecule has 7 nitrogen and oxygen atoms in total. The van der Waals surface area contributed by atoms with Gasteiger partial charge in [0.2, 0.25) is 0 Å². The van der Waals surface area contributed by atoms with E-state index in [0.29, 0.717) is 5.56 Å². The van der Waals surface area contributed by atoms with Gasteiger partial charge < -0.3 is 15.1 Å². The lowest BCUT2D eigenvalue weighted by Crippen LogP contribution is -2.65. The van der Waals surface area contributed by atoms with Crippen LogP contribution in [0.4, 0.5) is 4.79 Å². The molecule has 2 unspecified atom stereocenters. The molecule has 0 saturated carbocycles. The number of rotatable bonds is 3. The summed E-state index contributed by atoms with van der Waals surface area (Å²) in [6.45, 7) is -0.0214. The second kappa shape index (κ2) is 5.38. The summed E-state index contributed by atoms with van der Waals surface area (Å²) in [5, 5.41) is 5.47. The molecule has 2 fully saturated rings. The van der Waals surface area contributed by atoms with E-state index in [1.807, 2.05) is 6.07 Å². The summed E-state index contributed by atoms with van der Waals surface area (Å²) in [5.41, 5.74) is 0.550. The molecule has 2 atom stereocenters. The minimum atomic E-state index is -0.706. The van der Waals surface area contributed by atoms with E-state index in [0.717, 1.165) is 0 Å². The molecule has 0 bridgehead atoms. The number of thiocarbonyl (C=S) groups is 1. The van der Waals surface area contributed by atoms with Crippen molar-refractivity contribution in [2.75, 3.05) is 13.6 Å². The summed E-state index contributed by atoms with van der Waals surface area (Å²) >= 11 is 5.21. The Kier molecular flexibility index (Phi) is 3.53.